The van der Waals surface area contributed by atoms with E-state index in [1.54, 1.807) is 29.8 Å². The molecule has 0 bridgehead atoms. The number of esters is 1. The van der Waals surface area contributed by atoms with E-state index in [4.69, 9.17) is 27.9 Å². The van der Waals surface area contributed by atoms with Gasteiger partial charge in [-0.1, -0.05) is 23.2 Å². The summed E-state index contributed by atoms with van der Waals surface area (Å²) in [6.07, 6.45) is 0. The second-order valence-corrected chi connectivity index (χ2v) is 8.66. The van der Waals surface area contributed by atoms with Crippen molar-refractivity contribution < 1.29 is 18.7 Å². The Morgan fingerprint density at radius 3 is 2.56 bits per heavy atom. The highest BCUT2D eigenvalue weighted by Crippen LogP contribution is 2.31. The summed E-state index contributed by atoms with van der Waals surface area (Å²) in [5, 5.41) is 8.26. The lowest BCUT2D eigenvalue weighted by Gasteiger charge is -2.08. The van der Waals surface area contributed by atoms with Gasteiger partial charge in [0.1, 0.15) is 15.5 Å². The predicted octanol–water partition coefficient (Wildman–Crippen LogP) is 5.34. The number of anilines is 1. The zero-order chi connectivity index (χ0) is 23.0. The number of fused-ring (bicyclic) bond motifs is 1. The van der Waals surface area contributed by atoms with Crippen LogP contribution in [0.2, 0.25) is 10.0 Å². The molecule has 0 aliphatic heterocycles. The Balaban J connectivity index is 1.47. The third kappa shape index (κ3) is 4.45. The molecule has 164 valence electrons. The first-order valence-electron chi connectivity index (χ1n) is 9.27. The van der Waals surface area contributed by atoms with E-state index in [-0.39, 0.29) is 16.7 Å². The van der Waals surface area contributed by atoms with E-state index < -0.39 is 18.5 Å². The van der Waals surface area contributed by atoms with Crippen LogP contribution in [0.1, 0.15) is 21.1 Å². The lowest BCUT2D eigenvalue weighted by Crippen LogP contribution is -2.21. The molecule has 0 saturated carbocycles. The average Bonchev–Trinajstić information content (AvgIpc) is 3.32. The van der Waals surface area contributed by atoms with Crippen molar-refractivity contribution in [2.24, 2.45) is 0 Å². The quantitative estimate of drug-likeness (QED) is 0.380. The molecule has 32 heavy (non-hydrogen) atoms. The molecule has 1 amide bonds. The molecule has 7 nitrogen and oxygen atoms in total. The van der Waals surface area contributed by atoms with Crippen molar-refractivity contribution >= 4 is 62.4 Å². The van der Waals surface area contributed by atoms with Gasteiger partial charge in [0.15, 0.2) is 12.4 Å². The summed E-state index contributed by atoms with van der Waals surface area (Å²) in [6.45, 7) is 2.96. The van der Waals surface area contributed by atoms with Crippen molar-refractivity contribution in [2.45, 2.75) is 13.8 Å². The number of hydrogen-bond acceptors (Lipinski definition) is 6. The van der Waals surface area contributed by atoms with E-state index in [0.717, 1.165) is 5.39 Å². The number of carbonyl (C=O) groups is 2. The highest BCUT2D eigenvalue weighted by atomic mass is 35.5. The average molecular weight is 493 g/mol. The van der Waals surface area contributed by atoms with Crippen LogP contribution in [0.5, 0.6) is 0 Å². The van der Waals surface area contributed by atoms with Gasteiger partial charge in [-0.3, -0.25) is 4.79 Å². The number of amides is 1. The summed E-state index contributed by atoms with van der Waals surface area (Å²) in [5.74, 6) is -1.47. The number of carbonyl (C=O) groups excluding carboxylic acids is 2. The maximum absolute atomic E-state index is 13.2. The summed E-state index contributed by atoms with van der Waals surface area (Å²) < 4.78 is 20.0. The molecule has 1 N–H and O–H groups in total. The number of nitrogens with zero attached hydrogens (tertiary/aromatic N) is 3. The number of nitrogens with one attached hydrogen (secondary N) is 1. The smallest absolute Gasteiger partial charge is 0.348 e. The van der Waals surface area contributed by atoms with Crippen molar-refractivity contribution in [3.05, 3.63) is 68.5 Å². The first-order chi connectivity index (χ1) is 15.2. The van der Waals surface area contributed by atoms with Gasteiger partial charge in [0.05, 0.1) is 27.1 Å². The predicted molar refractivity (Wildman–Crippen MR) is 122 cm³/mol. The Kier molecular flexibility index (Phi) is 6.14. The van der Waals surface area contributed by atoms with Crippen LogP contribution in [0.25, 0.3) is 15.9 Å². The molecular weight excluding hydrogens is 478 g/mol. The van der Waals surface area contributed by atoms with Crippen molar-refractivity contribution in [1.82, 2.24) is 14.8 Å². The minimum atomic E-state index is -0.655. The minimum absolute atomic E-state index is 0.131. The third-order valence-electron chi connectivity index (χ3n) is 4.51. The molecule has 4 aromatic rings. The van der Waals surface area contributed by atoms with Crippen molar-refractivity contribution in [1.29, 1.82) is 0 Å². The van der Waals surface area contributed by atoms with E-state index in [0.29, 0.717) is 31.8 Å². The van der Waals surface area contributed by atoms with Crippen LogP contribution in [-0.2, 0) is 9.53 Å². The summed E-state index contributed by atoms with van der Waals surface area (Å²) in [4.78, 5) is 29.8. The number of hydrogen-bond donors (Lipinski definition) is 1. The van der Waals surface area contributed by atoms with Gasteiger partial charge in [-0.25, -0.2) is 18.9 Å². The first-order valence-corrected chi connectivity index (χ1v) is 10.8. The molecule has 3 aromatic heterocycles. The van der Waals surface area contributed by atoms with Gasteiger partial charge in [0.25, 0.3) is 5.91 Å². The Morgan fingerprint density at radius 1 is 1.12 bits per heavy atom. The number of rotatable bonds is 5. The Hall–Kier alpha value is -3.01. The molecule has 0 unspecified atom stereocenters. The molecule has 0 aliphatic carbocycles. The largest absolute Gasteiger partial charge is 0.451 e. The van der Waals surface area contributed by atoms with Gasteiger partial charge in [-0.15, -0.1) is 11.3 Å². The van der Waals surface area contributed by atoms with E-state index in [1.165, 1.54) is 29.5 Å². The van der Waals surface area contributed by atoms with Gasteiger partial charge >= 0.3 is 5.97 Å². The molecule has 0 saturated heterocycles. The maximum atomic E-state index is 13.2. The van der Waals surface area contributed by atoms with Crippen molar-refractivity contribution in [3.8, 4) is 5.69 Å². The minimum Gasteiger partial charge on any atom is -0.451 e. The summed E-state index contributed by atoms with van der Waals surface area (Å²) in [5.41, 5.74) is 1.86. The summed E-state index contributed by atoms with van der Waals surface area (Å²) in [6, 6.07) is 8.99. The number of ether oxygens (including phenoxy) is 1. The number of thiophene rings is 1. The van der Waals surface area contributed by atoms with Gasteiger partial charge in [-0.2, -0.15) is 5.10 Å². The van der Waals surface area contributed by atoms with Gasteiger partial charge in [0.2, 0.25) is 0 Å². The van der Waals surface area contributed by atoms with Crippen LogP contribution in [0.3, 0.4) is 0 Å². The van der Waals surface area contributed by atoms with Crippen LogP contribution in [0.15, 0.2) is 36.4 Å². The molecule has 0 atom stereocenters. The van der Waals surface area contributed by atoms with Crippen LogP contribution < -0.4 is 5.32 Å². The van der Waals surface area contributed by atoms with Gasteiger partial charge in [-0.05, 0) is 50.2 Å². The topological polar surface area (TPSA) is 86.1 Å². The van der Waals surface area contributed by atoms with Crippen LogP contribution in [-0.4, -0.2) is 33.2 Å². The van der Waals surface area contributed by atoms with E-state index in [9.17, 15) is 14.0 Å². The first kappa shape index (κ1) is 22.2. The van der Waals surface area contributed by atoms with Gasteiger partial charge < -0.3 is 10.1 Å². The monoisotopic (exact) mass is 492 g/mol. The van der Waals surface area contributed by atoms with Crippen molar-refractivity contribution in [3.63, 3.8) is 0 Å². The highest BCUT2D eigenvalue weighted by Gasteiger charge is 2.19. The van der Waals surface area contributed by atoms with Crippen LogP contribution >= 0.6 is 34.5 Å². The SMILES string of the molecule is Cc1nc(NC(=O)COC(=O)c2cc3c(C)nn(-c4ccc(F)cc4)c3s2)c(Cl)cc1Cl. The number of aromatic nitrogens is 3. The fourth-order valence-electron chi connectivity index (χ4n) is 2.92. The lowest BCUT2D eigenvalue weighted by atomic mass is 10.3. The number of benzene rings is 1. The Bertz CT molecular complexity index is 1350. The highest BCUT2D eigenvalue weighted by molar-refractivity contribution is 7.20. The second kappa shape index (κ2) is 8.85. The normalized spacial score (nSPS) is 11.0. The Morgan fingerprint density at radius 2 is 1.84 bits per heavy atom. The molecule has 3 heterocycles. The summed E-state index contributed by atoms with van der Waals surface area (Å²) in [7, 11) is 0. The Labute approximate surface area is 195 Å². The zero-order valence-corrected chi connectivity index (χ0v) is 19.1. The second-order valence-electron chi connectivity index (χ2n) is 6.81. The van der Waals surface area contributed by atoms with Crippen LogP contribution in [0, 0.1) is 19.7 Å². The molecule has 4 rings (SSSR count). The molecule has 0 fully saturated rings. The zero-order valence-electron chi connectivity index (χ0n) is 16.8. The molecule has 0 spiro atoms. The summed E-state index contributed by atoms with van der Waals surface area (Å²) >= 11 is 13.1. The number of halogens is 3. The van der Waals surface area contributed by atoms with E-state index in [1.807, 2.05) is 6.92 Å². The standard InChI is InChI=1S/C21H15Cl2FN4O3S/c1-10-14-7-17(32-20(14)28(27-10)13-5-3-12(24)4-6-13)21(30)31-9-18(29)26-19-16(23)8-15(22)11(2)25-19/h3-8H,9H2,1-2H3,(H,25,26,29). The number of aryl methyl sites for hydroxylation is 2. The molecular formula is C21H15Cl2FN4O3S. The van der Waals surface area contributed by atoms with E-state index in [2.05, 4.69) is 15.4 Å². The van der Waals surface area contributed by atoms with Crippen molar-refractivity contribution in [2.75, 3.05) is 11.9 Å². The lowest BCUT2D eigenvalue weighted by molar-refractivity contribution is -0.119. The third-order valence-corrected chi connectivity index (χ3v) is 6.28. The molecule has 0 radical (unpaired) electrons. The molecule has 11 heteroatoms. The van der Waals surface area contributed by atoms with Gasteiger partial charge in [0, 0.05) is 5.39 Å². The van der Waals surface area contributed by atoms with Crippen LogP contribution in [0.4, 0.5) is 10.2 Å². The fourth-order valence-corrected chi connectivity index (χ4v) is 4.40. The molecule has 0 aliphatic rings. The molecule has 1 aromatic carbocycles. The number of pyridine rings is 1. The maximum Gasteiger partial charge on any atom is 0.348 e. The van der Waals surface area contributed by atoms with E-state index >= 15 is 0 Å². The fraction of sp³-hybridized carbons (Fsp3) is 0.143.